The van der Waals surface area contributed by atoms with Crippen molar-refractivity contribution < 1.29 is 14.0 Å². The second-order valence-electron chi connectivity index (χ2n) is 9.91. The van der Waals surface area contributed by atoms with Crippen molar-refractivity contribution in [3.63, 3.8) is 0 Å². The lowest BCUT2D eigenvalue weighted by Crippen LogP contribution is -2.54. The van der Waals surface area contributed by atoms with Crippen molar-refractivity contribution >= 4 is 17.6 Å². The van der Waals surface area contributed by atoms with Gasteiger partial charge in [0.2, 0.25) is 5.91 Å². The number of hydrogen-bond acceptors (Lipinski definition) is 2. The van der Waals surface area contributed by atoms with Crippen LogP contribution in [0.1, 0.15) is 51.9 Å². The van der Waals surface area contributed by atoms with Crippen molar-refractivity contribution in [1.29, 1.82) is 0 Å². The average Bonchev–Trinajstić information content (AvgIpc) is 3.25. The molecule has 178 valence electrons. The Balaban J connectivity index is 1.77. The highest BCUT2D eigenvalue weighted by Crippen LogP contribution is 2.42. The molecule has 1 aromatic heterocycles. The van der Waals surface area contributed by atoms with Crippen molar-refractivity contribution in [2.75, 3.05) is 11.4 Å². The van der Waals surface area contributed by atoms with Crippen molar-refractivity contribution in [1.82, 2.24) is 14.8 Å². The number of aromatic nitrogens is 1. The SMILES string of the molecule is CC(C)N(CC(=O)N1c2ccccc2-n2cccc2C1c1ccc(F)cc1)C(=O)NC(C)(C)C. The number of nitrogens with zero attached hydrogens (tertiary/aromatic N) is 3. The molecule has 2 aromatic carbocycles. The number of urea groups is 1. The zero-order chi connectivity index (χ0) is 24.6. The highest BCUT2D eigenvalue weighted by molar-refractivity contribution is 6.00. The molecule has 3 amide bonds. The minimum atomic E-state index is -0.460. The van der Waals surface area contributed by atoms with Gasteiger partial charge in [0.1, 0.15) is 18.4 Å². The summed E-state index contributed by atoms with van der Waals surface area (Å²) >= 11 is 0. The molecule has 34 heavy (non-hydrogen) atoms. The molecule has 0 saturated carbocycles. The molecule has 1 unspecified atom stereocenters. The zero-order valence-corrected chi connectivity index (χ0v) is 20.2. The number of fused-ring (bicyclic) bond motifs is 3. The molecular weight excluding hydrogens is 431 g/mol. The molecule has 1 atom stereocenters. The topological polar surface area (TPSA) is 57.6 Å². The van der Waals surface area contributed by atoms with Crippen molar-refractivity contribution in [3.8, 4) is 5.69 Å². The van der Waals surface area contributed by atoms with Gasteiger partial charge in [-0.3, -0.25) is 9.69 Å². The highest BCUT2D eigenvalue weighted by Gasteiger charge is 2.37. The normalized spacial score (nSPS) is 15.0. The van der Waals surface area contributed by atoms with Crippen LogP contribution in [0.5, 0.6) is 0 Å². The van der Waals surface area contributed by atoms with Gasteiger partial charge >= 0.3 is 6.03 Å². The highest BCUT2D eigenvalue weighted by atomic mass is 19.1. The molecule has 4 rings (SSSR count). The zero-order valence-electron chi connectivity index (χ0n) is 20.2. The monoisotopic (exact) mass is 462 g/mol. The van der Waals surface area contributed by atoms with E-state index in [4.69, 9.17) is 0 Å². The molecule has 0 spiro atoms. The molecule has 7 heteroatoms. The van der Waals surface area contributed by atoms with Crippen LogP contribution < -0.4 is 10.2 Å². The number of benzene rings is 2. The summed E-state index contributed by atoms with van der Waals surface area (Å²) in [5.41, 5.74) is 2.88. The molecule has 2 heterocycles. The van der Waals surface area contributed by atoms with Crippen LogP contribution in [0, 0.1) is 5.82 Å². The molecule has 0 fully saturated rings. The number of anilines is 1. The molecule has 0 aliphatic carbocycles. The van der Waals surface area contributed by atoms with Crippen LogP contribution in [0.4, 0.5) is 14.9 Å². The Labute approximate surface area is 200 Å². The Morgan fingerprint density at radius 1 is 1.00 bits per heavy atom. The number of halogens is 1. The lowest BCUT2D eigenvalue weighted by atomic mass is 9.97. The molecule has 1 aliphatic rings. The minimum Gasteiger partial charge on any atom is -0.333 e. The van der Waals surface area contributed by atoms with Gasteiger partial charge in [-0.05, 0) is 76.6 Å². The summed E-state index contributed by atoms with van der Waals surface area (Å²) in [6.07, 6.45) is 1.96. The summed E-state index contributed by atoms with van der Waals surface area (Å²) in [7, 11) is 0. The number of rotatable bonds is 4. The van der Waals surface area contributed by atoms with E-state index in [2.05, 4.69) is 9.88 Å². The smallest absolute Gasteiger partial charge is 0.318 e. The fourth-order valence-corrected chi connectivity index (χ4v) is 4.33. The number of carbonyl (C=O) groups excluding carboxylic acids is 2. The van der Waals surface area contributed by atoms with E-state index in [0.29, 0.717) is 0 Å². The molecule has 0 saturated heterocycles. The first-order valence-corrected chi connectivity index (χ1v) is 11.5. The summed E-state index contributed by atoms with van der Waals surface area (Å²) < 4.78 is 15.8. The van der Waals surface area contributed by atoms with E-state index >= 15 is 0 Å². The van der Waals surface area contributed by atoms with Gasteiger partial charge < -0.3 is 14.8 Å². The predicted octanol–water partition coefficient (Wildman–Crippen LogP) is 5.27. The quantitative estimate of drug-likeness (QED) is 0.574. The maximum absolute atomic E-state index is 13.9. The summed E-state index contributed by atoms with van der Waals surface area (Å²) in [6.45, 7) is 9.41. The fourth-order valence-electron chi connectivity index (χ4n) is 4.33. The molecule has 1 aliphatic heterocycles. The Hall–Kier alpha value is -3.61. The summed E-state index contributed by atoms with van der Waals surface area (Å²) in [5, 5.41) is 2.96. The van der Waals surface area contributed by atoms with E-state index in [1.165, 1.54) is 12.1 Å². The maximum atomic E-state index is 13.9. The number of para-hydroxylation sites is 2. The first-order chi connectivity index (χ1) is 16.1. The number of carbonyl (C=O) groups is 2. The molecular formula is C27H31FN4O2. The third kappa shape index (κ3) is 4.55. The van der Waals surface area contributed by atoms with Gasteiger partial charge in [-0.1, -0.05) is 24.3 Å². The van der Waals surface area contributed by atoms with E-state index in [-0.39, 0.29) is 30.3 Å². The summed E-state index contributed by atoms with van der Waals surface area (Å²) in [5.74, 6) is -0.551. The van der Waals surface area contributed by atoms with Crippen LogP contribution in [0.2, 0.25) is 0 Å². The predicted molar refractivity (Wildman–Crippen MR) is 132 cm³/mol. The lowest BCUT2D eigenvalue weighted by Gasteiger charge is -2.40. The number of nitrogens with one attached hydrogen (secondary N) is 1. The van der Waals surface area contributed by atoms with Gasteiger partial charge in [-0.25, -0.2) is 9.18 Å². The third-order valence-electron chi connectivity index (χ3n) is 5.85. The van der Waals surface area contributed by atoms with E-state index in [1.54, 1.807) is 21.9 Å². The average molecular weight is 463 g/mol. The van der Waals surface area contributed by atoms with E-state index in [0.717, 1.165) is 22.6 Å². The maximum Gasteiger partial charge on any atom is 0.318 e. The fraction of sp³-hybridized carbons (Fsp3) is 0.333. The van der Waals surface area contributed by atoms with Crippen LogP contribution in [-0.4, -0.2) is 39.5 Å². The summed E-state index contributed by atoms with van der Waals surface area (Å²) in [6, 6.07) is 16.9. The second kappa shape index (κ2) is 8.97. The summed E-state index contributed by atoms with van der Waals surface area (Å²) in [4.78, 5) is 30.2. The van der Waals surface area contributed by atoms with Crippen molar-refractivity contribution in [2.45, 2.75) is 52.2 Å². The standard InChI is InChI=1S/C27H31FN4O2/c1-18(2)31(26(34)29-27(3,4)5)17-24(33)32-22-10-7-6-9-21(22)30-16-8-11-23(30)25(32)19-12-14-20(28)15-13-19/h6-16,18,25H,17H2,1-5H3,(H,29,34). The van der Waals surface area contributed by atoms with Crippen LogP contribution in [0.3, 0.4) is 0 Å². The lowest BCUT2D eigenvalue weighted by molar-refractivity contribution is -0.120. The largest absolute Gasteiger partial charge is 0.333 e. The van der Waals surface area contributed by atoms with Gasteiger partial charge in [-0.15, -0.1) is 0 Å². The minimum absolute atomic E-state index is 0.0910. The molecule has 3 aromatic rings. The van der Waals surface area contributed by atoms with Gasteiger partial charge in [0.15, 0.2) is 0 Å². The molecule has 6 nitrogen and oxygen atoms in total. The van der Waals surface area contributed by atoms with Gasteiger partial charge in [0.25, 0.3) is 0 Å². The van der Waals surface area contributed by atoms with Gasteiger partial charge in [0.05, 0.1) is 17.1 Å². The second-order valence-corrected chi connectivity index (χ2v) is 9.91. The van der Waals surface area contributed by atoms with Crippen LogP contribution >= 0.6 is 0 Å². The van der Waals surface area contributed by atoms with E-state index in [9.17, 15) is 14.0 Å². The third-order valence-corrected chi connectivity index (χ3v) is 5.85. The van der Waals surface area contributed by atoms with Crippen molar-refractivity contribution in [3.05, 3.63) is 83.9 Å². The van der Waals surface area contributed by atoms with Crippen LogP contribution in [0.25, 0.3) is 5.69 Å². The Kier molecular flexibility index (Phi) is 6.21. The van der Waals surface area contributed by atoms with E-state index in [1.807, 2.05) is 77.2 Å². The molecule has 1 N–H and O–H groups in total. The number of amides is 3. The Bertz CT molecular complexity index is 1190. The Morgan fingerprint density at radius 2 is 1.65 bits per heavy atom. The van der Waals surface area contributed by atoms with Crippen LogP contribution in [0.15, 0.2) is 66.9 Å². The number of hydrogen-bond donors (Lipinski definition) is 1. The van der Waals surface area contributed by atoms with E-state index < -0.39 is 11.6 Å². The Morgan fingerprint density at radius 3 is 2.26 bits per heavy atom. The first-order valence-electron chi connectivity index (χ1n) is 11.5. The molecule has 0 bridgehead atoms. The van der Waals surface area contributed by atoms with Crippen LogP contribution in [-0.2, 0) is 4.79 Å². The van der Waals surface area contributed by atoms with Gasteiger partial charge in [-0.2, -0.15) is 0 Å². The molecule has 0 radical (unpaired) electrons. The van der Waals surface area contributed by atoms with Crippen molar-refractivity contribution in [2.24, 2.45) is 0 Å². The first kappa shape index (κ1) is 23.5. The van der Waals surface area contributed by atoms with Gasteiger partial charge in [0, 0.05) is 17.8 Å².